The minimum atomic E-state index is 0.0242. The summed E-state index contributed by atoms with van der Waals surface area (Å²) in [5, 5.41) is 4.32. The first-order chi connectivity index (χ1) is 18.5. The maximum absolute atomic E-state index is 13.3. The van der Waals surface area contributed by atoms with E-state index in [0.29, 0.717) is 50.5 Å². The summed E-state index contributed by atoms with van der Waals surface area (Å²) in [5.74, 6) is 0.101. The predicted octanol–water partition coefficient (Wildman–Crippen LogP) is 4.12. The van der Waals surface area contributed by atoms with E-state index in [-0.39, 0.29) is 11.9 Å². The molecule has 2 aromatic carbocycles. The standard InChI is InChI=1S/C30H44ClN3O4/c1-24-9-10-25(21-28(24)31)22-30(35)33(2)29(26-7-5-4-6-8-26)12-15-34-14-11-27(23-34)32-13-16-37-19-20-38-18-17-36-3/h4-10,21,27,29,32H,11-20,22-23H2,1-3H3/t27-,29+/m0/s1. The zero-order chi connectivity index (χ0) is 27.2. The summed E-state index contributed by atoms with van der Waals surface area (Å²) >= 11 is 6.29. The topological polar surface area (TPSA) is 63.3 Å². The molecule has 0 spiro atoms. The van der Waals surface area contributed by atoms with Crippen molar-refractivity contribution >= 4 is 17.5 Å². The first-order valence-electron chi connectivity index (χ1n) is 13.6. The number of aryl methyl sites for hydroxylation is 1. The van der Waals surface area contributed by atoms with Gasteiger partial charge in [0.1, 0.15) is 0 Å². The molecular weight excluding hydrogens is 502 g/mol. The van der Waals surface area contributed by atoms with E-state index in [1.54, 1.807) is 7.11 Å². The number of carbonyl (C=O) groups excluding carboxylic acids is 1. The molecule has 0 aromatic heterocycles. The molecule has 1 aliphatic heterocycles. The summed E-state index contributed by atoms with van der Waals surface area (Å²) in [4.78, 5) is 17.7. The van der Waals surface area contributed by atoms with Crippen molar-refractivity contribution in [3.05, 3.63) is 70.2 Å². The lowest BCUT2D eigenvalue weighted by molar-refractivity contribution is -0.131. The van der Waals surface area contributed by atoms with Gasteiger partial charge in [0.15, 0.2) is 0 Å². The maximum atomic E-state index is 13.3. The molecule has 8 heteroatoms. The van der Waals surface area contributed by atoms with Crippen molar-refractivity contribution in [3.8, 4) is 0 Å². The van der Waals surface area contributed by atoms with Gasteiger partial charge in [-0.2, -0.15) is 0 Å². The number of benzene rings is 2. The molecule has 1 aliphatic rings. The minimum Gasteiger partial charge on any atom is -0.382 e. The number of likely N-dealkylation sites (tertiary alicyclic amines) is 1. The average molecular weight is 546 g/mol. The Labute approximate surface area is 233 Å². The number of carbonyl (C=O) groups is 1. The number of hydrogen-bond donors (Lipinski definition) is 1. The van der Waals surface area contributed by atoms with E-state index in [0.717, 1.165) is 50.1 Å². The van der Waals surface area contributed by atoms with Crippen LogP contribution >= 0.6 is 11.6 Å². The number of nitrogens with zero attached hydrogens (tertiary/aromatic N) is 2. The second-order valence-corrected chi connectivity index (χ2v) is 10.3. The highest BCUT2D eigenvalue weighted by atomic mass is 35.5. The van der Waals surface area contributed by atoms with E-state index in [2.05, 4.69) is 22.3 Å². The van der Waals surface area contributed by atoms with Crippen LogP contribution in [0, 0.1) is 6.92 Å². The SMILES string of the molecule is COCCOCCOCCN[C@H]1CCN(CC[C@H](c2ccccc2)N(C)C(=O)Cc2ccc(C)c(Cl)c2)C1. The van der Waals surface area contributed by atoms with Crippen molar-refractivity contribution in [2.75, 3.05) is 73.4 Å². The van der Waals surface area contributed by atoms with Gasteiger partial charge in [0.05, 0.1) is 45.5 Å². The molecule has 210 valence electrons. The lowest BCUT2D eigenvalue weighted by Gasteiger charge is -2.30. The van der Waals surface area contributed by atoms with Gasteiger partial charge >= 0.3 is 0 Å². The first-order valence-corrected chi connectivity index (χ1v) is 14.0. The lowest BCUT2D eigenvalue weighted by Crippen LogP contribution is -2.37. The lowest BCUT2D eigenvalue weighted by atomic mass is 10.0. The van der Waals surface area contributed by atoms with Gasteiger partial charge in [-0.3, -0.25) is 4.79 Å². The summed E-state index contributed by atoms with van der Waals surface area (Å²) in [6.45, 7) is 8.93. The second kappa shape index (κ2) is 16.9. The molecule has 0 radical (unpaired) electrons. The maximum Gasteiger partial charge on any atom is 0.227 e. The average Bonchev–Trinajstić information content (AvgIpc) is 3.38. The Balaban J connectivity index is 1.43. The molecule has 2 atom stereocenters. The molecule has 1 amide bonds. The minimum absolute atomic E-state index is 0.0242. The molecule has 1 saturated heterocycles. The number of nitrogens with one attached hydrogen (secondary N) is 1. The highest BCUT2D eigenvalue weighted by Gasteiger charge is 2.26. The zero-order valence-electron chi connectivity index (χ0n) is 23.2. The highest BCUT2D eigenvalue weighted by Crippen LogP contribution is 2.26. The van der Waals surface area contributed by atoms with Crippen LogP contribution in [0.2, 0.25) is 5.02 Å². The van der Waals surface area contributed by atoms with Crippen LogP contribution in [0.5, 0.6) is 0 Å². The molecular formula is C30H44ClN3O4. The normalized spacial score (nSPS) is 16.6. The van der Waals surface area contributed by atoms with Gasteiger partial charge in [-0.05, 0) is 49.1 Å². The first kappa shape index (κ1) is 30.5. The second-order valence-electron chi connectivity index (χ2n) is 9.94. The van der Waals surface area contributed by atoms with Gasteiger partial charge in [-0.1, -0.05) is 54.1 Å². The third kappa shape index (κ3) is 10.3. The molecule has 0 saturated carbocycles. The van der Waals surface area contributed by atoms with E-state index in [9.17, 15) is 4.79 Å². The van der Waals surface area contributed by atoms with Crippen LogP contribution in [-0.4, -0.2) is 95.1 Å². The number of amides is 1. The fourth-order valence-corrected chi connectivity index (χ4v) is 4.99. The fourth-order valence-electron chi connectivity index (χ4n) is 4.79. The summed E-state index contributed by atoms with van der Waals surface area (Å²) in [6.07, 6.45) is 2.36. The van der Waals surface area contributed by atoms with Gasteiger partial charge in [0.25, 0.3) is 0 Å². The van der Waals surface area contributed by atoms with Gasteiger partial charge in [-0.25, -0.2) is 0 Å². The number of ether oxygens (including phenoxy) is 3. The van der Waals surface area contributed by atoms with E-state index in [1.165, 1.54) is 5.56 Å². The summed E-state index contributed by atoms with van der Waals surface area (Å²) in [5.41, 5.74) is 3.13. The Bertz CT molecular complexity index is 962. The number of methoxy groups -OCH3 is 1. The van der Waals surface area contributed by atoms with Gasteiger partial charge < -0.3 is 29.3 Å². The van der Waals surface area contributed by atoms with Gasteiger partial charge in [0.2, 0.25) is 5.91 Å². The molecule has 1 heterocycles. The van der Waals surface area contributed by atoms with E-state index >= 15 is 0 Å². The predicted molar refractivity (Wildman–Crippen MR) is 153 cm³/mol. The van der Waals surface area contributed by atoms with Crippen molar-refractivity contribution < 1.29 is 19.0 Å². The summed E-state index contributed by atoms with van der Waals surface area (Å²) in [6, 6.07) is 16.7. The third-order valence-corrected chi connectivity index (χ3v) is 7.52. The van der Waals surface area contributed by atoms with Crippen molar-refractivity contribution in [3.63, 3.8) is 0 Å². The van der Waals surface area contributed by atoms with Gasteiger partial charge in [-0.15, -0.1) is 0 Å². The quantitative estimate of drug-likeness (QED) is 0.302. The van der Waals surface area contributed by atoms with Gasteiger partial charge in [0, 0.05) is 44.9 Å². The van der Waals surface area contributed by atoms with Crippen LogP contribution in [0.25, 0.3) is 0 Å². The van der Waals surface area contributed by atoms with Crippen LogP contribution < -0.4 is 5.32 Å². The Hall–Kier alpha value is -2.00. The zero-order valence-corrected chi connectivity index (χ0v) is 23.9. The molecule has 0 aliphatic carbocycles. The van der Waals surface area contributed by atoms with Crippen LogP contribution in [-0.2, 0) is 25.4 Å². The Morgan fingerprint density at radius 2 is 1.84 bits per heavy atom. The molecule has 1 N–H and O–H groups in total. The third-order valence-electron chi connectivity index (χ3n) is 7.11. The molecule has 38 heavy (non-hydrogen) atoms. The Morgan fingerprint density at radius 3 is 2.58 bits per heavy atom. The molecule has 2 aromatic rings. The monoisotopic (exact) mass is 545 g/mol. The van der Waals surface area contributed by atoms with E-state index < -0.39 is 0 Å². The molecule has 0 bridgehead atoms. The number of likely N-dealkylation sites (N-methyl/N-ethyl adjacent to an activating group) is 1. The summed E-state index contributed by atoms with van der Waals surface area (Å²) < 4.78 is 16.0. The van der Waals surface area contributed by atoms with E-state index in [4.69, 9.17) is 25.8 Å². The van der Waals surface area contributed by atoms with Crippen LogP contribution in [0.15, 0.2) is 48.5 Å². The molecule has 0 unspecified atom stereocenters. The van der Waals surface area contributed by atoms with E-state index in [1.807, 2.05) is 55.3 Å². The van der Waals surface area contributed by atoms with Crippen molar-refractivity contribution in [1.29, 1.82) is 0 Å². The largest absolute Gasteiger partial charge is 0.382 e. The Kier molecular flexibility index (Phi) is 13.5. The molecule has 7 nitrogen and oxygen atoms in total. The molecule has 3 rings (SSSR count). The fraction of sp³-hybridized carbons (Fsp3) is 0.567. The Morgan fingerprint density at radius 1 is 1.11 bits per heavy atom. The van der Waals surface area contributed by atoms with Crippen LogP contribution in [0.1, 0.15) is 35.6 Å². The smallest absolute Gasteiger partial charge is 0.227 e. The number of halogens is 1. The van der Waals surface area contributed by atoms with Crippen LogP contribution in [0.3, 0.4) is 0 Å². The van der Waals surface area contributed by atoms with Crippen molar-refractivity contribution in [2.24, 2.45) is 0 Å². The number of hydrogen-bond acceptors (Lipinski definition) is 6. The van der Waals surface area contributed by atoms with Crippen LogP contribution in [0.4, 0.5) is 0 Å². The van der Waals surface area contributed by atoms with Crippen molar-refractivity contribution in [1.82, 2.24) is 15.1 Å². The molecule has 1 fully saturated rings. The number of rotatable bonds is 17. The highest BCUT2D eigenvalue weighted by molar-refractivity contribution is 6.31. The summed E-state index contributed by atoms with van der Waals surface area (Å²) in [7, 11) is 3.59. The van der Waals surface area contributed by atoms with Crippen molar-refractivity contribution in [2.45, 2.75) is 38.3 Å².